The van der Waals surface area contributed by atoms with Gasteiger partial charge in [0.2, 0.25) is 5.88 Å². The highest BCUT2D eigenvalue weighted by Crippen LogP contribution is 2.26. The highest BCUT2D eigenvalue weighted by atomic mass is 16.5. The summed E-state index contributed by atoms with van der Waals surface area (Å²) in [4.78, 5) is 10.1. The molecule has 40 heavy (non-hydrogen) atoms. The molecule has 1 fully saturated rings. The molecule has 0 radical (unpaired) electrons. The van der Waals surface area contributed by atoms with Crippen molar-refractivity contribution < 1.29 is 9.47 Å². The SMILES string of the molecule is C=C(c1ccc(Oc2ccc(CC(C)(C)NCC(C)COc3cccc4[nH]ccc34)cc2)nc1)N1CCCCC1. The van der Waals surface area contributed by atoms with E-state index in [1.54, 1.807) is 0 Å². The molecular formula is C34H42N4O2. The first-order valence-corrected chi connectivity index (χ1v) is 14.5. The van der Waals surface area contributed by atoms with Crippen LogP contribution in [0, 0.1) is 5.92 Å². The number of likely N-dealkylation sites (tertiary alicyclic amines) is 1. The Morgan fingerprint density at radius 1 is 1.05 bits per heavy atom. The molecular weight excluding hydrogens is 496 g/mol. The first-order chi connectivity index (χ1) is 19.4. The Balaban J connectivity index is 1.08. The molecule has 0 bridgehead atoms. The van der Waals surface area contributed by atoms with E-state index in [4.69, 9.17) is 9.47 Å². The molecule has 2 N–H and O–H groups in total. The summed E-state index contributed by atoms with van der Waals surface area (Å²) in [6.07, 6.45) is 8.50. The van der Waals surface area contributed by atoms with E-state index < -0.39 is 0 Å². The maximum atomic E-state index is 6.15. The van der Waals surface area contributed by atoms with E-state index in [9.17, 15) is 0 Å². The molecule has 6 nitrogen and oxygen atoms in total. The van der Waals surface area contributed by atoms with E-state index in [0.717, 1.165) is 59.7 Å². The molecule has 2 aromatic carbocycles. The van der Waals surface area contributed by atoms with Gasteiger partial charge in [0.1, 0.15) is 11.5 Å². The smallest absolute Gasteiger partial charge is 0.219 e. The van der Waals surface area contributed by atoms with Gasteiger partial charge in [-0.2, -0.15) is 0 Å². The number of nitrogens with one attached hydrogen (secondary N) is 2. The quantitative estimate of drug-likeness (QED) is 0.196. The number of nitrogens with zero attached hydrogens (tertiary/aromatic N) is 2. The van der Waals surface area contributed by atoms with Crippen LogP contribution in [0.25, 0.3) is 16.6 Å². The average Bonchev–Trinajstić information content (AvgIpc) is 3.46. The van der Waals surface area contributed by atoms with Crippen LogP contribution < -0.4 is 14.8 Å². The largest absolute Gasteiger partial charge is 0.493 e. The lowest BCUT2D eigenvalue weighted by Gasteiger charge is -2.30. The van der Waals surface area contributed by atoms with Gasteiger partial charge >= 0.3 is 0 Å². The molecule has 210 valence electrons. The molecule has 1 aliphatic heterocycles. The van der Waals surface area contributed by atoms with Gasteiger partial charge in [-0.1, -0.05) is 31.7 Å². The zero-order chi connectivity index (χ0) is 28.0. The summed E-state index contributed by atoms with van der Waals surface area (Å²) in [5.74, 6) is 2.68. The Labute approximate surface area is 238 Å². The van der Waals surface area contributed by atoms with Gasteiger partial charge in [-0.25, -0.2) is 4.98 Å². The second-order valence-electron chi connectivity index (χ2n) is 11.7. The number of benzene rings is 2. The van der Waals surface area contributed by atoms with Crippen LogP contribution in [0.2, 0.25) is 0 Å². The van der Waals surface area contributed by atoms with Crippen LogP contribution in [0.1, 0.15) is 51.2 Å². The van der Waals surface area contributed by atoms with Crippen LogP contribution in [0.3, 0.4) is 0 Å². The molecule has 5 rings (SSSR count). The second kappa shape index (κ2) is 12.6. The third-order valence-electron chi connectivity index (χ3n) is 7.61. The van der Waals surface area contributed by atoms with Gasteiger partial charge in [0, 0.05) is 71.7 Å². The minimum absolute atomic E-state index is 0.0502. The van der Waals surface area contributed by atoms with E-state index >= 15 is 0 Å². The molecule has 2 aromatic heterocycles. The number of fused-ring (bicyclic) bond motifs is 1. The normalized spacial score (nSPS) is 14.7. The summed E-state index contributed by atoms with van der Waals surface area (Å²) in [6.45, 7) is 14.7. The first-order valence-electron chi connectivity index (χ1n) is 14.5. The maximum Gasteiger partial charge on any atom is 0.219 e. The van der Waals surface area contributed by atoms with Gasteiger partial charge in [-0.15, -0.1) is 0 Å². The second-order valence-corrected chi connectivity index (χ2v) is 11.7. The Hall–Kier alpha value is -3.77. The van der Waals surface area contributed by atoms with Crippen molar-refractivity contribution in [2.75, 3.05) is 26.2 Å². The van der Waals surface area contributed by atoms with Crippen molar-refractivity contribution in [2.24, 2.45) is 5.92 Å². The van der Waals surface area contributed by atoms with Crippen molar-refractivity contribution in [1.82, 2.24) is 20.2 Å². The van der Waals surface area contributed by atoms with E-state index in [2.05, 4.69) is 77.9 Å². The van der Waals surface area contributed by atoms with Gasteiger partial charge in [-0.3, -0.25) is 0 Å². The summed E-state index contributed by atoms with van der Waals surface area (Å²) < 4.78 is 12.2. The van der Waals surface area contributed by atoms with Crippen molar-refractivity contribution in [3.63, 3.8) is 0 Å². The van der Waals surface area contributed by atoms with Crippen LogP contribution in [0.4, 0.5) is 0 Å². The van der Waals surface area contributed by atoms with Gasteiger partial charge in [0.05, 0.1) is 6.61 Å². The predicted molar refractivity (Wildman–Crippen MR) is 164 cm³/mol. The Morgan fingerprint density at radius 3 is 2.60 bits per heavy atom. The fraction of sp³-hybridized carbons (Fsp3) is 0.382. The van der Waals surface area contributed by atoms with Crippen molar-refractivity contribution in [1.29, 1.82) is 0 Å². The summed E-state index contributed by atoms with van der Waals surface area (Å²) in [5.41, 5.74) is 4.41. The van der Waals surface area contributed by atoms with E-state index in [0.29, 0.717) is 18.4 Å². The van der Waals surface area contributed by atoms with Crippen LogP contribution in [-0.2, 0) is 6.42 Å². The van der Waals surface area contributed by atoms with Crippen LogP contribution in [-0.4, -0.2) is 46.6 Å². The molecule has 1 aliphatic rings. The zero-order valence-corrected chi connectivity index (χ0v) is 24.1. The number of hydrogen-bond donors (Lipinski definition) is 2. The molecule has 0 saturated carbocycles. The molecule has 0 aliphatic carbocycles. The first kappa shape index (κ1) is 27.8. The average molecular weight is 539 g/mol. The monoisotopic (exact) mass is 538 g/mol. The van der Waals surface area contributed by atoms with Crippen molar-refractivity contribution >= 4 is 16.6 Å². The van der Waals surface area contributed by atoms with Gasteiger partial charge < -0.3 is 24.7 Å². The molecule has 4 aromatic rings. The summed E-state index contributed by atoms with van der Waals surface area (Å²) in [5, 5.41) is 4.86. The van der Waals surface area contributed by atoms with Crippen molar-refractivity contribution in [3.05, 3.63) is 90.8 Å². The van der Waals surface area contributed by atoms with Crippen LogP contribution in [0.15, 0.2) is 79.6 Å². The highest BCUT2D eigenvalue weighted by Gasteiger charge is 2.19. The fourth-order valence-corrected chi connectivity index (χ4v) is 5.25. The van der Waals surface area contributed by atoms with Crippen molar-refractivity contribution in [3.8, 4) is 17.4 Å². The number of hydrogen-bond acceptors (Lipinski definition) is 5. The third-order valence-corrected chi connectivity index (χ3v) is 7.61. The van der Waals surface area contributed by atoms with Crippen LogP contribution >= 0.6 is 0 Å². The lowest BCUT2D eigenvalue weighted by Crippen LogP contribution is -2.44. The lowest BCUT2D eigenvalue weighted by molar-refractivity contribution is 0.242. The van der Waals surface area contributed by atoms with E-state index in [1.165, 1.54) is 24.8 Å². The molecule has 6 heteroatoms. The number of aromatic nitrogens is 2. The van der Waals surface area contributed by atoms with E-state index in [-0.39, 0.29) is 5.54 Å². The lowest BCUT2D eigenvalue weighted by atomic mass is 9.94. The summed E-state index contributed by atoms with van der Waals surface area (Å²) in [7, 11) is 0. The Bertz CT molecular complexity index is 1390. The summed E-state index contributed by atoms with van der Waals surface area (Å²) in [6, 6.07) is 20.5. The molecule has 0 amide bonds. The predicted octanol–water partition coefficient (Wildman–Crippen LogP) is 7.44. The number of pyridine rings is 1. The fourth-order valence-electron chi connectivity index (χ4n) is 5.25. The molecule has 1 unspecified atom stereocenters. The molecule has 1 atom stereocenters. The number of ether oxygens (including phenoxy) is 2. The minimum atomic E-state index is -0.0502. The summed E-state index contributed by atoms with van der Waals surface area (Å²) >= 11 is 0. The van der Waals surface area contributed by atoms with Gasteiger partial charge in [0.25, 0.3) is 0 Å². The topological polar surface area (TPSA) is 62.4 Å². The number of H-pyrrole nitrogens is 1. The molecule has 0 spiro atoms. The maximum absolute atomic E-state index is 6.15. The standard InChI is InChI=1S/C34H42N4O2/c1-25(24-39-32-10-8-9-31-30(32)17-18-35-31)22-37-34(3,4)21-27-11-14-29(15-12-27)40-33-16-13-28(23-36-33)26(2)38-19-6-5-7-20-38/h8-18,23,25,35,37H,2,5-7,19-22,24H2,1,3-4H3. The van der Waals surface area contributed by atoms with Gasteiger partial charge in [-0.05, 0) is 81.5 Å². The molecule has 3 heterocycles. The highest BCUT2D eigenvalue weighted by molar-refractivity contribution is 5.85. The Kier molecular flexibility index (Phi) is 8.75. The number of rotatable bonds is 12. The van der Waals surface area contributed by atoms with Crippen LogP contribution in [0.5, 0.6) is 17.4 Å². The number of piperidine rings is 1. The zero-order valence-electron chi connectivity index (χ0n) is 24.1. The van der Waals surface area contributed by atoms with Crippen molar-refractivity contribution in [2.45, 2.75) is 52.0 Å². The Morgan fingerprint density at radius 2 is 1.85 bits per heavy atom. The third kappa shape index (κ3) is 7.24. The molecule has 1 saturated heterocycles. The minimum Gasteiger partial charge on any atom is -0.493 e. The van der Waals surface area contributed by atoms with Gasteiger partial charge in [0.15, 0.2) is 0 Å². The van der Waals surface area contributed by atoms with E-state index in [1.807, 2.05) is 42.7 Å². The number of aromatic amines is 1.